The highest BCUT2D eigenvalue weighted by Gasteiger charge is 2.58. The van der Waals surface area contributed by atoms with E-state index >= 15 is 0 Å². The summed E-state index contributed by atoms with van der Waals surface area (Å²) in [5.41, 5.74) is 1.52. The van der Waals surface area contributed by atoms with E-state index in [0.29, 0.717) is 17.5 Å². The van der Waals surface area contributed by atoms with E-state index in [9.17, 15) is 5.11 Å². The molecule has 5 rings (SSSR count). The van der Waals surface area contributed by atoms with Crippen molar-refractivity contribution in [3.05, 3.63) is 35.9 Å². The number of rotatable bonds is 4. The second-order valence-corrected chi connectivity index (χ2v) is 12.5. The normalized spacial score (nSPS) is 46.5. The first kappa shape index (κ1) is 22.0. The van der Waals surface area contributed by atoms with Crippen LogP contribution in [0.3, 0.4) is 0 Å². The van der Waals surface area contributed by atoms with Gasteiger partial charge >= 0.3 is 0 Å². The molecule has 0 aliphatic heterocycles. The van der Waals surface area contributed by atoms with Crippen LogP contribution in [0.25, 0.3) is 0 Å². The molecule has 0 amide bonds. The molecule has 4 aliphatic rings. The van der Waals surface area contributed by atoms with Crippen LogP contribution in [-0.4, -0.2) is 16.7 Å². The van der Waals surface area contributed by atoms with Crippen LogP contribution in [0, 0.1) is 40.9 Å². The number of benzene rings is 1. The van der Waals surface area contributed by atoms with Crippen molar-refractivity contribution in [3.8, 4) is 0 Å². The molecule has 1 unspecified atom stereocenters. The Hall–Kier alpha value is -0.860. The van der Waals surface area contributed by atoms with E-state index in [1.54, 1.807) is 0 Å². The predicted molar refractivity (Wildman–Crippen MR) is 129 cm³/mol. The van der Waals surface area contributed by atoms with E-state index < -0.39 is 5.60 Å². The minimum Gasteiger partial charge on any atom is -0.390 e. The van der Waals surface area contributed by atoms with Crippen LogP contribution in [0.2, 0.25) is 0 Å². The van der Waals surface area contributed by atoms with E-state index in [-0.39, 0.29) is 0 Å². The zero-order valence-electron chi connectivity index (χ0n) is 20.3. The molecule has 0 heterocycles. The van der Waals surface area contributed by atoms with E-state index in [2.05, 4.69) is 63.3 Å². The molecule has 2 nitrogen and oxygen atoms in total. The summed E-state index contributed by atoms with van der Waals surface area (Å²) in [7, 11) is 0. The van der Waals surface area contributed by atoms with Gasteiger partial charge in [0.15, 0.2) is 0 Å². The van der Waals surface area contributed by atoms with Crippen molar-refractivity contribution in [1.29, 1.82) is 0 Å². The van der Waals surface area contributed by atoms with Crippen molar-refractivity contribution in [2.75, 3.05) is 0 Å². The van der Waals surface area contributed by atoms with Gasteiger partial charge in [-0.25, -0.2) is 0 Å². The Labute approximate surface area is 190 Å². The highest BCUT2D eigenvalue weighted by atomic mass is 16.3. The van der Waals surface area contributed by atoms with Crippen molar-refractivity contribution < 1.29 is 5.11 Å². The molecular formula is C29H45NO. The van der Waals surface area contributed by atoms with Crippen molar-refractivity contribution in [1.82, 2.24) is 5.32 Å². The highest BCUT2D eigenvalue weighted by Crippen LogP contribution is 2.65. The van der Waals surface area contributed by atoms with Gasteiger partial charge in [-0.3, -0.25) is 0 Å². The van der Waals surface area contributed by atoms with E-state index in [1.165, 1.54) is 50.5 Å². The van der Waals surface area contributed by atoms with Gasteiger partial charge < -0.3 is 10.4 Å². The Morgan fingerprint density at radius 3 is 2.39 bits per heavy atom. The van der Waals surface area contributed by atoms with Crippen LogP contribution >= 0.6 is 0 Å². The first-order valence-corrected chi connectivity index (χ1v) is 13.3. The van der Waals surface area contributed by atoms with Gasteiger partial charge in [0.2, 0.25) is 0 Å². The first-order chi connectivity index (χ1) is 14.8. The summed E-state index contributed by atoms with van der Waals surface area (Å²) in [4.78, 5) is 0. The molecule has 4 fully saturated rings. The summed E-state index contributed by atoms with van der Waals surface area (Å²) in [6.45, 7) is 9.54. The van der Waals surface area contributed by atoms with Crippen molar-refractivity contribution in [2.45, 2.75) is 103 Å². The van der Waals surface area contributed by atoms with Crippen molar-refractivity contribution in [3.63, 3.8) is 0 Å². The number of fused-ring (bicyclic) bond motifs is 5. The fourth-order valence-corrected chi connectivity index (χ4v) is 9.29. The maximum Gasteiger partial charge on any atom is 0.0622 e. The Balaban J connectivity index is 1.28. The number of hydrogen-bond donors (Lipinski definition) is 2. The van der Waals surface area contributed by atoms with Crippen molar-refractivity contribution >= 4 is 0 Å². The highest BCUT2D eigenvalue weighted by molar-refractivity contribution is 5.18. The molecule has 172 valence electrons. The number of aliphatic hydroxyl groups is 1. The Morgan fingerprint density at radius 1 is 0.871 bits per heavy atom. The van der Waals surface area contributed by atoms with E-state index in [1.807, 2.05) is 0 Å². The number of nitrogens with one attached hydrogen (secondary N) is 1. The average molecular weight is 424 g/mol. The Bertz CT molecular complexity index is 759. The molecule has 31 heavy (non-hydrogen) atoms. The molecule has 0 spiro atoms. The zero-order chi connectivity index (χ0) is 21.8. The molecule has 1 aromatic rings. The standard InChI is InChI=1S/C29H45NO/c1-19(21-8-6-5-7-9-21)30-20(2)26-12-13-27-25-11-10-22-18-28(3,31)16-14-23(22)24(25)15-17-29(26,27)4/h5-9,19-20,22-27,30-31H,10-18H2,1-4H3/t19-,20-,22+,23-,24+,25+,26?,27-,28+,29+/m0/s1. The second-order valence-electron chi connectivity index (χ2n) is 12.5. The fraction of sp³-hybridized carbons (Fsp3) is 0.793. The summed E-state index contributed by atoms with van der Waals surface area (Å²) in [6.07, 6.45) is 11.9. The molecule has 2 heteroatoms. The fourth-order valence-electron chi connectivity index (χ4n) is 9.29. The predicted octanol–water partition coefficient (Wildman–Crippen LogP) is 6.75. The average Bonchev–Trinajstić information content (AvgIpc) is 3.10. The van der Waals surface area contributed by atoms with E-state index in [0.717, 1.165) is 48.3 Å². The molecule has 0 aromatic heterocycles. The van der Waals surface area contributed by atoms with Gasteiger partial charge in [-0.15, -0.1) is 0 Å². The lowest BCUT2D eigenvalue weighted by Crippen LogP contribution is -2.52. The topological polar surface area (TPSA) is 32.3 Å². The van der Waals surface area contributed by atoms with Gasteiger partial charge in [-0.05, 0) is 125 Å². The maximum atomic E-state index is 10.6. The molecule has 0 saturated heterocycles. The smallest absolute Gasteiger partial charge is 0.0622 e. The summed E-state index contributed by atoms with van der Waals surface area (Å²) in [5, 5.41) is 14.6. The second kappa shape index (κ2) is 8.17. The molecule has 2 N–H and O–H groups in total. The monoisotopic (exact) mass is 423 g/mol. The molecule has 4 saturated carbocycles. The van der Waals surface area contributed by atoms with Crippen LogP contribution in [0.15, 0.2) is 30.3 Å². The van der Waals surface area contributed by atoms with Crippen LogP contribution in [0.5, 0.6) is 0 Å². The SMILES string of the molecule is C[C@H](N[C@@H](C)C1CC[C@H]2[C@@H]3CC[C@@H]4C[C@](C)(O)CC[C@@H]4[C@H]3CC[C@]12C)c1ccccc1. The van der Waals surface area contributed by atoms with Gasteiger partial charge in [-0.1, -0.05) is 37.3 Å². The molecule has 0 bridgehead atoms. The lowest BCUT2D eigenvalue weighted by molar-refractivity contribution is -0.101. The third-order valence-electron chi connectivity index (χ3n) is 10.7. The molecule has 0 radical (unpaired) electrons. The van der Waals surface area contributed by atoms with Crippen molar-refractivity contribution in [2.24, 2.45) is 40.9 Å². The lowest BCUT2D eigenvalue weighted by atomic mass is 9.49. The van der Waals surface area contributed by atoms with Crippen LogP contribution in [0.1, 0.15) is 97.1 Å². The van der Waals surface area contributed by atoms with Crippen LogP contribution < -0.4 is 5.32 Å². The van der Waals surface area contributed by atoms with Gasteiger partial charge in [-0.2, -0.15) is 0 Å². The molecular weight excluding hydrogens is 378 g/mol. The minimum atomic E-state index is -0.397. The maximum absolute atomic E-state index is 10.6. The summed E-state index contributed by atoms with van der Waals surface area (Å²) in [6, 6.07) is 11.9. The third-order valence-corrected chi connectivity index (χ3v) is 10.7. The summed E-state index contributed by atoms with van der Waals surface area (Å²) < 4.78 is 0. The van der Waals surface area contributed by atoms with E-state index in [4.69, 9.17) is 0 Å². The largest absolute Gasteiger partial charge is 0.390 e. The lowest BCUT2D eigenvalue weighted by Gasteiger charge is -2.57. The zero-order valence-corrected chi connectivity index (χ0v) is 20.3. The third kappa shape index (κ3) is 3.90. The molecule has 1 aromatic carbocycles. The first-order valence-electron chi connectivity index (χ1n) is 13.3. The molecule has 4 aliphatic carbocycles. The van der Waals surface area contributed by atoms with Crippen LogP contribution in [-0.2, 0) is 0 Å². The summed E-state index contributed by atoms with van der Waals surface area (Å²) in [5.74, 6) is 5.31. The Kier molecular flexibility index (Phi) is 5.79. The quantitative estimate of drug-likeness (QED) is 0.561. The molecule has 10 atom stereocenters. The summed E-state index contributed by atoms with van der Waals surface area (Å²) >= 11 is 0. The Morgan fingerprint density at radius 2 is 1.61 bits per heavy atom. The van der Waals surface area contributed by atoms with Gasteiger partial charge in [0.25, 0.3) is 0 Å². The van der Waals surface area contributed by atoms with Crippen LogP contribution in [0.4, 0.5) is 0 Å². The van der Waals surface area contributed by atoms with Gasteiger partial charge in [0, 0.05) is 12.1 Å². The number of hydrogen-bond acceptors (Lipinski definition) is 2. The minimum absolute atomic E-state index is 0.397. The van der Waals surface area contributed by atoms with Gasteiger partial charge in [0.05, 0.1) is 5.60 Å². The van der Waals surface area contributed by atoms with Gasteiger partial charge in [0.1, 0.15) is 0 Å².